The largest absolute Gasteiger partial charge is 0.481 e. The van der Waals surface area contributed by atoms with Gasteiger partial charge in [-0.15, -0.1) is 0 Å². The maximum Gasteiger partial charge on any atom is 0.311 e. The van der Waals surface area contributed by atoms with Crippen LogP contribution in [0.5, 0.6) is 11.5 Å². The third kappa shape index (κ3) is 3.86. The number of benzene rings is 2. The Kier molecular flexibility index (Phi) is 5.07. The summed E-state index contributed by atoms with van der Waals surface area (Å²) in [7, 11) is 0. The highest BCUT2D eigenvalue weighted by molar-refractivity contribution is 5.89. The normalized spacial score (nSPS) is 25.0. The summed E-state index contributed by atoms with van der Waals surface area (Å²) in [4.78, 5) is 17.7. The molecule has 2 fully saturated rings. The summed E-state index contributed by atoms with van der Waals surface area (Å²) in [5, 5.41) is 14.2. The Labute approximate surface area is 171 Å². The number of oxime groups is 1. The number of carboxylic acid groups (broad SMARTS) is 1. The predicted octanol–water partition coefficient (Wildman–Crippen LogP) is 5.16. The molecule has 0 saturated heterocycles. The van der Waals surface area contributed by atoms with E-state index in [4.69, 9.17) is 9.57 Å². The average molecular weight is 393 g/mol. The number of nitrogens with zero attached hydrogens (tertiary/aromatic N) is 1. The second-order valence-corrected chi connectivity index (χ2v) is 8.71. The molecule has 2 aromatic carbocycles. The maximum absolute atomic E-state index is 12.3. The Morgan fingerprint density at radius 1 is 1.14 bits per heavy atom. The van der Waals surface area contributed by atoms with Crippen molar-refractivity contribution in [1.82, 2.24) is 0 Å². The number of aliphatic carboxylic acids is 1. The van der Waals surface area contributed by atoms with Gasteiger partial charge in [0.25, 0.3) is 0 Å². The standard InChI is InChI=1S/C24H27NO4/c1-23(2)21(15-25-28-16-17-11-12-17)24(23,22(26)27)14-18-7-6-10-20(13-18)29-19-8-4-3-5-9-19/h3-10,13,15,17,21H,11-12,14,16H2,1-2H3,(H,26,27)/t21?,24-/m0/s1. The molecule has 5 heteroatoms. The Hall–Kier alpha value is -2.82. The minimum atomic E-state index is -0.898. The van der Waals surface area contributed by atoms with Crippen molar-refractivity contribution >= 4 is 12.2 Å². The lowest BCUT2D eigenvalue weighted by Gasteiger charge is -2.16. The van der Waals surface area contributed by atoms with E-state index < -0.39 is 16.8 Å². The lowest BCUT2D eigenvalue weighted by molar-refractivity contribution is -0.145. The molecule has 1 N–H and O–H groups in total. The van der Waals surface area contributed by atoms with Gasteiger partial charge in [0.1, 0.15) is 18.1 Å². The highest BCUT2D eigenvalue weighted by atomic mass is 16.6. The predicted molar refractivity (Wildman–Crippen MR) is 111 cm³/mol. The number of hydrogen-bond acceptors (Lipinski definition) is 4. The molecule has 0 amide bonds. The SMILES string of the molecule is CC1(C)C(C=NOCC2CC2)[C@@]1(Cc1cccc(Oc2ccccc2)c1)C(=O)O. The number of rotatable bonds is 9. The van der Waals surface area contributed by atoms with Crippen LogP contribution in [0.4, 0.5) is 0 Å². The van der Waals surface area contributed by atoms with E-state index in [1.165, 1.54) is 12.8 Å². The molecule has 0 spiro atoms. The molecule has 2 saturated carbocycles. The fourth-order valence-electron chi connectivity index (χ4n) is 4.23. The first kappa shape index (κ1) is 19.5. The summed E-state index contributed by atoms with van der Waals surface area (Å²) in [6.07, 6.45) is 4.51. The zero-order valence-electron chi connectivity index (χ0n) is 16.9. The highest BCUT2D eigenvalue weighted by Gasteiger charge is 2.75. The summed E-state index contributed by atoms with van der Waals surface area (Å²) in [5.74, 6) is 1.10. The molecule has 0 bridgehead atoms. The van der Waals surface area contributed by atoms with Gasteiger partial charge in [0.05, 0.1) is 5.41 Å². The summed E-state index contributed by atoms with van der Waals surface area (Å²) in [5.41, 5.74) is -0.365. The topological polar surface area (TPSA) is 68.1 Å². The summed E-state index contributed by atoms with van der Waals surface area (Å²) in [6.45, 7) is 4.61. The number of carboxylic acids is 1. The fraction of sp³-hybridized carbons (Fsp3) is 0.417. The van der Waals surface area contributed by atoms with E-state index in [0.717, 1.165) is 11.3 Å². The van der Waals surface area contributed by atoms with Crippen molar-refractivity contribution in [3.8, 4) is 11.5 Å². The van der Waals surface area contributed by atoms with Gasteiger partial charge in [-0.1, -0.05) is 49.3 Å². The molecular weight excluding hydrogens is 366 g/mol. The molecule has 0 heterocycles. The number of hydrogen-bond donors (Lipinski definition) is 1. The van der Waals surface area contributed by atoms with Gasteiger partial charge in [0, 0.05) is 12.1 Å². The first-order chi connectivity index (χ1) is 13.9. The van der Waals surface area contributed by atoms with Crippen LogP contribution in [-0.2, 0) is 16.1 Å². The number of ether oxygens (including phenoxy) is 1. The smallest absolute Gasteiger partial charge is 0.311 e. The number of carbonyl (C=O) groups is 1. The molecule has 0 aliphatic heterocycles. The lowest BCUT2D eigenvalue weighted by atomic mass is 9.88. The Morgan fingerprint density at radius 2 is 1.86 bits per heavy atom. The van der Waals surface area contributed by atoms with E-state index in [1.807, 2.05) is 68.4 Å². The van der Waals surface area contributed by atoms with Crippen LogP contribution in [0, 0.1) is 22.7 Å². The Balaban J connectivity index is 1.49. The minimum Gasteiger partial charge on any atom is -0.481 e. The molecule has 1 unspecified atom stereocenters. The molecule has 0 aromatic heterocycles. The zero-order valence-corrected chi connectivity index (χ0v) is 16.9. The van der Waals surface area contributed by atoms with Crippen LogP contribution < -0.4 is 4.74 Å². The lowest BCUT2D eigenvalue weighted by Crippen LogP contribution is -2.24. The third-order valence-electron chi connectivity index (χ3n) is 6.41. The zero-order chi connectivity index (χ0) is 20.5. The van der Waals surface area contributed by atoms with Gasteiger partial charge < -0.3 is 14.7 Å². The van der Waals surface area contributed by atoms with Crippen molar-refractivity contribution in [3.05, 3.63) is 60.2 Å². The quantitative estimate of drug-likeness (QED) is 0.472. The van der Waals surface area contributed by atoms with E-state index in [2.05, 4.69) is 5.16 Å². The van der Waals surface area contributed by atoms with Crippen molar-refractivity contribution < 1.29 is 19.5 Å². The number of para-hydroxylation sites is 1. The van der Waals surface area contributed by atoms with E-state index in [1.54, 1.807) is 6.21 Å². The van der Waals surface area contributed by atoms with Gasteiger partial charge >= 0.3 is 5.97 Å². The molecule has 4 rings (SSSR count). The third-order valence-corrected chi connectivity index (χ3v) is 6.41. The van der Waals surface area contributed by atoms with Crippen molar-refractivity contribution in [1.29, 1.82) is 0 Å². The van der Waals surface area contributed by atoms with Gasteiger partial charge in [-0.05, 0) is 60.4 Å². The monoisotopic (exact) mass is 393 g/mol. The molecule has 29 heavy (non-hydrogen) atoms. The van der Waals surface area contributed by atoms with E-state index in [0.29, 0.717) is 24.7 Å². The molecule has 152 valence electrons. The van der Waals surface area contributed by atoms with Gasteiger partial charge in [-0.25, -0.2) is 0 Å². The minimum absolute atomic E-state index is 0.176. The second kappa shape index (κ2) is 7.54. The maximum atomic E-state index is 12.3. The molecule has 2 aromatic rings. The first-order valence-corrected chi connectivity index (χ1v) is 10.1. The van der Waals surface area contributed by atoms with Crippen LogP contribution in [0.2, 0.25) is 0 Å². The average Bonchev–Trinajstić information content (AvgIpc) is 3.58. The van der Waals surface area contributed by atoms with Crippen LogP contribution in [0.25, 0.3) is 0 Å². The Bertz CT molecular complexity index is 904. The van der Waals surface area contributed by atoms with Crippen LogP contribution in [0.15, 0.2) is 59.8 Å². The second-order valence-electron chi connectivity index (χ2n) is 8.71. The van der Waals surface area contributed by atoms with Gasteiger partial charge in [0.2, 0.25) is 0 Å². The summed E-state index contributed by atoms with van der Waals surface area (Å²) in [6, 6.07) is 17.2. The Morgan fingerprint density at radius 3 is 2.55 bits per heavy atom. The van der Waals surface area contributed by atoms with Gasteiger partial charge in [-0.2, -0.15) is 0 Å². The van der Waals surface area contributed by atoms with Crippen LogP contribution in [0.3, 0.4) is 0 Å². The van der Waals surface area contributed by atoms with Crippen molar-refractivity contribution in [3.63, 3.8) is 0 Å². The van der Waals surface area contributed by atoms with Crippen molar-refractivity contribution in [2.75, 3.05) is 6.61 Å². The van der Waals surface area contributed by atoms with E-state index in [9.17, 15) is 9.90 Å². The van der Waals surface area contributed by atoms with Crippen molar-refractivity contribution in [2.45, 2.75) is 33.1 Å². The van der Waals surface area contributed by atoms with Crippen LogP contribution in [-0.4, -0.2) is 23.9 Å². The van der Waals surface area contributed by atoms with Crippen LogP contribution in [0.1, 0.15) is 32.3 Å². The molecule has 2 atom stereocenters. The van der Waals surface area contributed by atoms with Crippen LogP contribution >= 0.6 is 0 Å². The fourth-order valence-corrected chi connectivity index (χ4v) is 4.23. The van der Waals surface area contributed by atoms with E-state index in [-0.39, 0.29) is 5.92 Å². The summed E-state index contributed by atoms with van der Waals surface area (Å²) < 4.78 is 5.91. The molecule has 0 radical (unpaired) electrons. The molecular formula is C24H27NO4. The van der Waals surface area contributed by atoms with Gasteiger partial charge in [0.15, 0.2) is 0 Å². The van der Waals surface area contributed by atoms with Gasteiger partial charge in [-0.3, -0.25) is 4.79 Å². The molecule has 5 nitrogen and oxygen atoms in total. The molecule has 2 aliphatic rings. The van der Waals surface area contributed by atoms with Crippen molar-refractivity contribution in [2.24, 2.45) is 27.8 Å². The van der Waals surface area contributed by atoms with E-state index >= 15 is 0 Å². The summed E-state index contributed by atoms with van der Waals surface area (Å²) >= 11 is 0. The first-order valence-electron chi connectivity index (χ1n) is 10.1. The molecule has 2 aliphatic carbocycles. The highest BCUT2D eigenvalue weighted by Crippen LogP contribution is 2.69.